The van der Waals surface area contributed by atoms with Crippen LogP contribution in [0.3, 0.4) is 0 Å². The Morgan fingerprint density at radius 1 is 1.24 bits per heavy atom. The van der Waals surface area contributed by atoms with E-state index in [0.717, 1.165) is 30.8 Å². The van der Waals surface area contributed by atoms with E-state index in [2.05, 4.69) is 10.2 Å². The van der Waals surface area contributed by atoms with E-state index in [4.69, 9.17) is 10.5 Å². The number of benzene rings is 1. The number of ether oxygens (including phenoxy) is 1. The molecule has 0 radical (unpaired) electrons. The van der Waals surface area contributed by atoms with E-state index in [-0.39, 0.29) is 30.7 Å². The van der Waals surface area contributed by atoms with E-state index >= 15 is 0 Å². The molecule has 1 saturated heterocycles. The third-order valence-corrected chi connectivity index (χ3v) is 5.26. The quantitative estimate of drug-likeness (QED) is 0.778. The average Bonchev–Trinajstić information content (AvgIpc) is 2.76. The number of fused-ring (bicyclic) bond motifs is 2. The molecule has 0 aromatic heterocycles. The van der Waals surface area contributed by atoms with Crippen LogP contribution in [0.5, 0.6) is 5.75 Å². The van der Waals surface area contributed by atoms with Crippen LogP contribution in [-0.4, -0.2) is 50.1 Å². The second kappa shape index (κ2) is 10.2. The van der Waals surface area contributed by atoms with Gasteiger partial charge in [0.2, 0.25) is 5.91 Å². The topological polar surface area (TPSA) is 67.6 Å². The summed E-state index contributed by atoms with van der Waals surface area (Å²) in [5.41, 5.74) is 7.33. The van der Waals surface area contributed by atoms with Crippen molar-refractivity contribution >= 4 is 30.7 Å². The zero-order chi connectivity index (χ0) is 16.2. The van der Waals surface area contributed by atoms with Gasteiger partial charge in [-0.2, -0.15) is 0 Å². The van der Waals surface area contributed by atoms with Crippen LogP contribution in [0, 0.1) is 11.8 Å². The molecule has 25 heavy (non-hydrogen) atoms. The van der Waals surface area contributed by atoms with Gasteiger partial charge in [-0.25, -0.2) is 0 Å². The second-order valence-corrected chi connectivity index (χ2v) is 6.78. The molecule has 3 atom stereocenters. The molecule has 2 bridgehead atoms. The van der Waals surface area contributed by atoms with Crippen LogP contribution in [0.15, 0.2) is 24.3 Å². The van der Waals surface area contributed by atoms with Crippen LogP contribution in [0.4, 0.5) is 0 Å². The maximum Gasteiger partial charge on any atom is 0.234 e. The maximum atomic E-state index is 12.2. The third kappa shape index (κ3) is 5.48. The predicted molar refractivity (Wildman–Crippen MR) is 105 cm³/mol. The van der Waals surface area contributed by atoms with Gasteiger partial charge in [-0.05, 0) is 42.7 Å². The molecule has 1 aromatic carbocycles. The molecule has 1 aromatic rings. The molecular formula is C18H29Cl2N3O2. The fraction of sp³-hybridized carbons (Fsp3) is 0.611. The van der Waals surface area contributed by atoms with Gasteiger partial charge < -0.3 is 15.8 Å². The number of carbonyl (C=O) groups is 1. The zero-order valence-corrected chi connectivity index (χ0v) is 16.3. The Morgan fingerprint density at radius 3 is 2.52 bits per heavy atom. The van der Waals surface area contributed by atoms with Gasteiger partial charge in [-0.3, -0.25) is 9.69 Å². The van der Waals surface area contributed by atoms with Crippen molar-refractivity contribution in [2.24, 2.45) is 17.6 Å². The summed E-state index contributed by atoms with van der Waals surface area (Å²) in [4.78, 5) is 14.4. The fourth-order valence-electron chi connectivity index (χ4n) is 4.00. The summed E-state index contributed by atoms with van der Waals surface area (Å²) >= 11 is 0. The monoisotopic (exact) mass is 389 g/mol. The van der Waals surface area contributed by atoms with Crippen molar-refractivity contribution in [3.05, 3.63) is 29.8 Å². The highest BCUT2D eigenvalue weighted by Gasteiger charge is 2.39. The average molecular weight is 390 g/mol. The number of methoxy groups -OCH3 is 1. The Labute approximate surface area is 162 Å². The molecule has 3 rings (SSSR count). The highest BCUT2D eigenvalue weighted by Crippen LogP contribution is 2.35. The molecule has 5 nitrogen and oxygen atoms in total. The lowest BCUT2D eigenvalue weighted by Gasteiger charge is -2.35. The standard InChI is InChI=1S/C18H27N3O2.2ClH/c1-23-16-5-3-2-4-13(16)8-9-20-17(22)12-21-10-14-6-7-15(11-21)18(14)19;;/h2-5,14-15,18H,6-12,19H2,1H3,(H,20,22);2*1H/t14-,15+,18?;;. The smallest absolute Gasteiger partial charge is 0.234 e. The van der Waals surface area contributed by atoms with Crippen molar-refractivity contribution < 1.29 is 9.53 Å². The van der Waals surface area contributed by atoms with Gasteiger partial charge in [0.05, 0.1) is 13.7 Å². The Morgan fingerprint density at radius 2 is 1.88 bits per heavy atom. The number of nitrogens with one attached hydrogen (secondary N) is 1. The van der Waals surface area contributed by atoms with Crippen molar-refractivity contribution in [2.75, 3.05) is 33.3 Å². The number of carbonyl (C=O) groups excluding carboxylic acids is 1. The summed E-state index contributed by atoms with van der Waals surface area (Å²) in [6.07, 6.45) is 3.22. The van der Waals surface area contributed by atoms with Gasteiger partial charge in [0.1, 0.15) is 5.75 Å². The summed E-state index contributed by atoms with van der Waals surface area (Å²) in [5, 5.41) is 3.02. The molecule has 7 heteroatoms. The first-order valence-corrected chi connectivity index (χ1v) is 8.54. The van der Waals surface area contributed by atoms with Crippen LogP contribution in [0.2, 0.25) is 0 Å². The van der Waals surface area contributed by atoms with Crippen molar-refractivity contribution in [3.63, 3.8) is 0 Å². The van der Waals surface area contributed by atoms with Gasteiger partial charge in [0, 0.05) is 25.7 Å². The highest BCUT2D eigenvalue weighted by molar-refractivity contribution is 5.85. The number of halogens is 2. The number of para-hydroxylation sites is 1. The van der Waals surface area contributed by atoms with Gasteiger partial charge in [-0.15, -0.1) is 24.8 Å². The molecular weight excluding hydrogens is 361 g/mol. The lowest BCUT2D eigenvalue weighted by molar-refractivity contribution is -0.122. The molecule has 142 valence electrons. The zero-order valence-electron chi connectivity index (χ0n) is 14.6. The molecule has 3 N–H and O–H groups in total. The molecule has 1 aliphatic heterocycles. The number of rotatable bonds is 6. The van der Waals surface area contributed by atoms with E-state index in [0.29, 0.717) is 31.0 Å². The van der Waals surface area contributed by atoms with Crippen molar-refractivity contribution in [1.29, 1.82) is 0 Å². The molecule has 1 heterocycles. The van der Waals surface area contributed by atoms with Crippen molar-refractivity contribution in [1.82, 2.24) is 10.2 Å². The third-order valence-electron chi connectivity index (χ3n) is 5.26. The Balaban J connectivity index is 0.00000156. The Bertz CT molecular complexity index is 545. The van der Waals surface area contributed by atoms with E-state index in [9.17, 15) is 4.79 Å². The van der Waals surface area contributed by atoms with Gasteiger partial charge in [0.25, 0.3) is 0 Å². The molecule has 0 spiro atoms. The molecule has 2 aliphatic rings. The SMILES string of the molecule is COc1ccccc1CCNC(=O)CN1C[C@H]2CC[C@@H](C1)C2N.Cl.Cl. The number of hydrogen-bond donors (Lipinski definition) is 2. The maximum absolute atomic E-state index is 12.2. The number of piperidine rings is 1. The summed E-state index contributed by atoms with van der Waals surface area (Å²) in [6, 6.07) is 8.28. The summed E-state index contributed by atoms with van der Waals surface area (Å²) in [6.45, 7) is 3.07. The Hall–Kier alpha value is -1.01. The number of nitrogens with two attached hydrogens (primary N) is 1. The van der Waals surface area contributed by atoms with E-state index in [1.165, 1.54) is 12.8 Å². The normalized spacial score (nSPS) is 24.8. The number of nitrogens with zero attached hydrogens (tertiary/aromatic N) is 1. The molecule has 1 aliphatic carbocycles. The minimum atomic E-state index is 0. The first-order valence-electron chi connectivity index (χ1n) is 8.54. The minimum absolute atomic E-state index is 0. The van der Waals surface area contributed by atoms with Crippen LogP contribution in [0.1, 0.15) is 18.4 Å². The van der Waals surface area contributed by atoms with Crippen LogP contribution >= 0.6 is 24.8 Å². The van der Waals surface area contributed by atoms with Crippen molar-refractivity contribution in [2.45, 2.75) is 25.3 Å². The van der Waals surface area contributed by atoms with Crippen molar-refractivity contribution in [3.8, 4) is 5.75 Å². The number of likely N-dealkylation sites (tertiary alicyclic amines) is 1. The minimum Gasteiger partial charge on any atom is -0.496 e. The van der Waals surface area contributed by atoms with E-state index in [1.54, 1.807) is 7.11 Å². The van der Waals surface area contributed by atoms with Crippen LogP contribution in [0.25, 0.3) is 0 Å². The molecule has 2 fully saturated rings. The molecule has 1 unspecified atom stereocenters. The lowest BCUT2D eigenvalue weighted by Crippen LogP contribution is -2.51. The van der Waals surface area contributed by atoms with E-state index < -0.39 is 0 Å². The first kappa shape index (κ1) is 22.0. The summed E-state index contributed by atoms with van der Waals surface area (Å²) in [7, 11) is 1.67. The fourth-order valence-corrected chi connectivity index (χ4v) is 4.00. The van der Waals surface area contributed by atoms with E-state index in [1.807, 2.05) is 24.3 Å². The summed E-state index contributed by atoms with van der Waals surface area (Å²) in [5.74, 6) is 2.14. The molecule has 1 amide bonds. The van der Waals surface area contributed by atoms with Gasteiger partial charge >= 0.3 is 0 Å². The largest absolute Gasteiger partial charge is 0.496 e. The predicted octanol–water partition coefficient (Wildman–Crippen LogP) is 1.87. The Kier molecular flexibility index (Phi) is 9.00. The molecule has 1 saturated carbocycles. The van der Waals surface area contributed by atoms with Gasteiger partial charge in [-0.1, -0.05) is 18.2 Å². The first-order chi connectivity index (χ1) is 11.2. The highest BCUT2D eigenvalue weighted by atomic mass is 35.5. The van der Waals surface area contributed by atoms with Crippen LogP contribution in [-0.2, 0) is 11.2 Å². The van der Waals surface area contributed by atoms with Crippen LogP contribution < -0.4 is 15.8 Å². The second-order valence-electron chi connectivity index (χ2n) is 6.78. The summed E-state index contributed by atoms with van der Waals surface area (Å²) < 4.78 is 5.33. The lowest BCUT2D eigenvalue weighted by atomic mass is 9.93. The number of hydrogen-bond acceptors (Lipinski definition) is 4. The number of amides is 1. The van der Waals surface area contributed by atoms with Gasteiger partial charge in [0.15, 0.2) is 0 Å².